The molecule has 1 unspecified atom stereocenters. The molecule has 3 rings (SSSR count). The maximum absolute atomic E-state index is 12.9. The predicted molar refractivity (Wildman–Crippen MR) is 94.6 cm³/mol. The van der Waals surface area contributed by atoms with Crippen molar-refractivity contribution >= 4 is 17.7 Å². The fourth-order valence-electron chi connectivity index (χ4n) is 3.12. The van der Waals surface area contributed by atoms with Gasteiger partial charge in [-0.3, -0.25) is 14.7 Å². The molecule has 1 saturated heterocycles. The molecular formula is C17H23N5OS. The summed E-state index contributed by atoms with van der Waals surface area (Å²) in [4.78, 5) is 23.6. The second-order valence-electron chi connectivity index (χ2n) is 5.95. The van der Waals surface area contributed by atoms with Crippen molar-refractivity contribution in [2.75, 3.05) is 19.3 Å². The van der Waals surface area contributed by atoms with Crippen LogP contribution in [0, 0.1) is 0 Å². The summed E-state index contributed by atoms with van der Waals surface area (Å²) >= 11 is 1.60. The van der Waals surface area contributed by atoms with Gasteiger partial charge in [-0.25, -0.2) is 4.98 Å². The number of nitrogens with one attached hydrogen (secondary N) is 1. The molecule has 1 aliphatic heterocycles. The highest BCUT2D eigenvalue weighted by atomic mass is 32.2. The Labute approximate surface area is 146 Å². The molecule has 2 aromatic rings. The number of thioether (sulfide) groups is 1. The van der Waals surface area contributed by atoms with Crippen LogP contribution in [0.3, 0.4) is 0 Å². The molecule has 2 aromatic heterocycles. The minimum Gasteiger partial charge on any atom is -0.349 e. The average molecular weight is 345 g/mol. The Morgan fingerprint density at radius 1 is 1.38 bits per heavy atom. The van der Waals surface area contributed by atoms with Crippen molar-refractivity contribution < 1.29 is 4.79 Å². The standard InChI is InChI=1S/C17H23N5OS/c1-21-14(12-20-17(21)24-2)11-19-16(23)15(22-8-3-4-9-22)13-6-5-7-18-10-13/h5-7,10,12,15H,3-4,8-9,11H2,1-2H3,(H,19,23). The van der Waals surface area contributed by atoms with Gasteiger partial charge in [0.1, 0.15) is 6.04 Å². The number of hydrogen-bond donors (Lipinski definition) is 1. The molecule has 1 atom stereocenters. The van der Waals surface area contributed by atoms with Crippen LogP contribution in [0.5, 0.6) is 0 Å². The van der Waals surface area contributed by atoms with Crippen molar-refractivity contribution in [1.82, 2.24) is 24.8 Å². The maximum Gasteiger partial charge on any atom is 0.242 e. The normalized spacial score (nSPS) is 16.2. The van der Waals surface area contributed by atoms with Crippen molar-refractivity contribution in [3.63, 3.8) is 0 Å². The van der Waals surface area contributed by atoms with E-state index >= 15 is 0 Å². The number of aromatic nitrogens is 3. The molecule has 0 bridgehead atoms. The number of carbonyl (C=O) groups is 1. The molecule has 6 nitrogen and oxygen atoms in total. The van der Waals surface area contributed by atoms with Gasteiger partial charge in [0.05, 0.1) is 18.4 Å². The summed E-state index contributed by atoms with van der Waals surface area (Å²) in [5.74, 6) is 0.0248. The Morgan fingerprint density at radius 3 is 2.79 bits per heavy atom. The summed E-state index contributed by atoms with van der Waals surface area (Å²) in [7, 11) is 1.97. The van der Waals surface area contributed by atoms with E-state index in [2.05, 4.69) is 20.2 Å². The smallest absolute Gasteiger partial charge is 0.242 e. The highest BCUT2D eigenvalue weighted by Gasteiger charge is 2.29. The summed E-state index contributed by atoms with van der Waals surface area (Å²) in [6.07, 6.45) is 9.63. The number of hydrogen-bond acceptors (Lipinski definition) is 5. The van der Waals surface area contributed by atoms with Crippen LogP contribution in [0.4, 0.5) is 0 Å². The molecule has 1 aliphatic rings. The largest absolute Gasteiger partial charge is 0.349 e. The zero-order chi connectivity index (χ0) is 16.9. The molecule has 0 saturated carbocycles. The van der Waals surface area contributed by atoms with Gasteiger partial charge in [0.2, 0.25) is 5.91 Å². The number of nitrogens with zero attached hydrogens (tertiary/aromatic N) is 4. The Bertz CT molecular complexity index is 682. The van der Waals surface area contributed by atoms with Crippen LogP contribution < -0.4 is 5.32 Å². The third-order valence-electron chi connectivity index (χ3n) is 4.42. The van der Waals surface area contributed by atoms with E-state index < -0.39 is 0 Å². The molecule has 0 radical (unpaired) electrons. The van der Waals surface area contributed by atoms with Gasteiger partial charge < -0.3 is 9.88 Å². The van der Waals surface area contributed by atoms with E-state index in [9.17, 15) is 4.79 Å². The predicted octanol–water partition coefficient (Wildman–Crippen LogP) is 1.99. The van der Waals surface area contributed by atoms with E-state index in [0.29, 0.717) is 6.54 Å². The second-order valence-corrected chi connectivity index (χ2v) is 6.72. The Balaban J connectivity index is 1.72. The van der Waals surface area contributed by atoms with Gasteiger partial charge in [-0.1, -0.05) is 17.8 Å². The van der Waals surface area contributed by atoms with Crippen molar-refractivity contribution in [3.05, 3.63) is 42.0 Å². The van der Waals surface area contributed by atoms with Crippen LogP contribution in [0.15, 0.2) is 35.9 Å². The number of carbonyl (C=O) groups excluding carboxylic acids is 1. The number of pyridine rings is 1. The van der Waals surface area contributed by atoms with Crippen molar-refractivity contribution in [2.45, 2.75) is 30.6 Å². The minimum absolute atomic E-state index is 0.0248. The monoisotopic (exact) mass is 345 g/mol. The lowest BCUT2D eigenvalue weighted by Gasteiger charge is -2.26. The highest BCUT2D eigenvalue weighted by molar-refractivity contribution is 7.98. The van der Waals surface area contributed by atoms with Crippen LogP contribution in [-0.4, -0.2) is 44.7 Å². The molecule has 0 spiro atoms. The fourth-order valence-corrected chi connectivity index (χ4v) is 3.67. The van der Waals surface area contributed by atoms with E-state index in [1.807, 2.05) is 36.2 Å². The molecule has 128 valence electrons. The van der Waals surface area contributed by atoms with Gasteiger partial charge in [-0.2, -0.15) is 0 Å². The van der Waals surface area contributed by atoms with Crippen LogP contribution in [0.1, 0.15) is 30.1 Å². The zero-order valence-electron chi connectivity index (χ0n) is 14.1. The molecule has 0 aliphatic carbocycles. The van der Waals surface area contributed by atoms with Crippen molar-refractivity contribution in [1.29, 1.82) is 0 Å². The van der Waals surface area contributed by atoms with Gasteiger partial charge in [0.25, 0.3) is 0 Å². The molecule has 1 fully saturated rings. The van der Waals surface area contributed by atoms with Crippen LogP contribution in [0.2, 0.25) is 0 Å². The minimum atomic E-state index is -0.269. The maximum atomic E-state index is 12.9. The second kappa shape index (κ2) is 7.81. The number of imidazole rings is 1. The van der Waals surface area contributed by atoms with Crippen LogP contribution in [0.25, 0.3) is 0 Å². The molecule has 24 heavy (non-hydrogen) atoms. The Morgan fingerprint density at radius 2 is 2.17 bits per heavy atom. The summed E-state index contributed by atoms with van der Waals surface area (Å²) in [5.41, 5.74) is 1.95. The van der Waals surface area contributed by atoms with Gasteiger partial charge >= 0.3 is 0 Å². The molecule has 3 heterocycles. The molecule has 1 amide bonds. The summed E-state index contributed by atoms with van der Waals surface area (Å²) in [6.45, 7) is 2.39. The fraction of sp³-hybridized carbons (Fsp3) is 0.471. The third kappa shape index (κ3) is 3.62. The van der Waals surface area contributed by atoms with Gasteiger partial charge in [-0.15, -0.1) is 0 Å². The van der Waals surface area contributed by atoms with E-state index in [0.717, 1.165) is 42.3 Å². The quantitative estimate of drug-likeness (QED) is 0.811. The first kappa shape index (κ1) is 17.0. The van der Waals surface area contributed by atoms with E-state index in [1.54, 1.807) is 24.2 Å². The van der Waals surface area contributed by atoms with Gasteiger partial charge in [0, 0.05) is 19.4 Å². The first-order chi connectivity index (χ1) is 11.7. The SMILES string of the molecule is CSc1ncc(CNC(=O)C(c2cccnc2)N2CCCC2)n1C. The lowest BCUT2D eigenvalue weighted by molar-refractivity contribution is -0.126. The Hall–Kier alpha value is -1.86. The number of rotatable bonds is 6. The zero-order valence-corrected chi connectivity index (χ0v) is 14.9. The van der Waals surface area contributed by atoms with E-state index in [4.69, 9.17) is 0 Å². The van der Waals surface area contributed by atoms with Gasteiger partial charge in [-0.05, 0) is 43.8 Å². The van der Waals surface area contributed by atoms with Crippen molar-refractivity contribution in [2.24, 2.45) is 7.05 Å². The number of likely N-dealkylation sites (tertiary alicyclic amines) is 1. The number of amides is 1. The molecule has 7 heteroatoms. The molecular weight excluding hydrogens is 322 g/mol. The van der Waals surface area contributed by atoms with Crippen LogP contribution >= 0.6 is 11.8 Å². The molecule has 0 aromatic carbocycles. The summed E-state index contributed by atoms with van der Waals surface area (Å²) in [6, 6.07) is 3.60. The first-order valence-electron chi connectivity index (χ1n) is 8.17. The Kier molecular flexibility index (Phi) is 5.52. The summed E-state index contributed by atoms with van der Waals surface area (Å²) < 4.78 is 2.01. The van der Waals surface area contributed by atoms with Crippen LogP contribution in [-0.2, 0) is 18.4 Å². The summed E-state index contributed by atoms with van der Waals surface area (Å²) in [5, 5.41) is 4.02. The first-order valence-corrected chi connectivity index (χ1v) is 9.39. The third-order valence-corrected chi connectivity index (χ3v) is 5.17. The molecule has 1 N–H and O–H groups in total. The topological polar surface area (TPSA) is 63.1 Å². The van der Waals surface area contributed by atoms with E-state index in [1.165, 1.54) is 0 Å². The lowest BCUT2D eigenvalue weighted by atomic mass is 10.1. The van der Waals surface area contributed by atoms with Gasteiger partial charge in [0.15, 0.2) is 5.16 Å². The highest BCUT2D eigenvalue weighted by Crippen LogP contribution is 2.25. The lowest BCUT2D eigenvalue weighted by Crippen LogP contribution is -2.39. The van der Waals surface area contributed by atoms with Crippen molar-refractivity contribution in [3.8, 4) is 0 Å². The average Bonchev–Trinajstić information content (AvgIpc) is 3.24. The van der Waals surface area contributed by atoms with E-state index in [-0.39, 0.29) is 11.9 Å².